The number of esters is 2. The second kappa shape index (κ2) is 13.9. The first-order chi connectivity index (χ1) is 18.7. The topological polar surface area (TPSA) is 125 Å². The van der Waals surface area contributed by atoms with Crippen molar-refractivity contribution in [3.8, 4) is 5.75 Å². The lowest BCUT2D eigenvalue weighted by molar-refractivity contribution is -0.147. The molecular weight excluding hydrogens is 526 g/mol. The number of ether oxygens (including phenoxy) is 3. The third-order valence-electron chi connectivity index (χ3n) is 5.51. The van der Waals surface area contributed by atoms with Crippen LogP contribution in [0, 0.1) is 0 Å². The highest BCUT2D eigenvalue weighted by Crippen LogP contribution is 2.15. The molecule has 3 aromatic rings. The van der Waals surface area contributed by atoms with Crippen molar-refractivity contribution in [2.45, 2.75) is 25.9 Å². The zero-order valence-corrected chi connectivity index (χ0v) is 22.0. The summed E-state index contributed by atoms with van der Waals surface area (Å²) < 4.78 is 15.3. The van der Waals surface area contributed by atoms with E-state index >= 15 is 0 Å². The second-order valence-corrected chi connectivity index (χ2v) is 8.79. The number of methoxy groups -OCH3 is 1. The quantitative estimate of drug-likeness (QED) is 0.248. The molecule has 10 heteroatoms. The summed E-state index contributed by atoms with van der Waals surface area (Å²) in [5.74, 6) is -1.98. The smallest absolute Gasteiger partial charge is 0.338 e. The van der Waals surface area contributed by atoms with E-state index in [9.17, 15) is 24.0 Å². The zero-order valence-electron chi connectivity index (χ0n) is 21.3. The van der Waals surface area contributed by atoms with E-state index < -0.39 is 30.6 Å². The molecule has 0 saturated heterocycles. The van der Waals surface area contributed by atoms with E-state index in [4.69, 9.17) is 25.8 Å². The Labute approximate surface area is 230 Å². The molecule has 3 aromatic carbocycles. The number of amides is 1. The lowest BCUT2D eigenvalue weighted by atomic mass is 10.1. The minimum absolute atomic E-state index is 0.169. The molecule has 0 bridgehead atoms. The minimum Gasteiger partial charge on any atom is -0.497 e. The van der Waals surface area contributed by atoms with Crippen molar-refractivity contribution in [2.24, 2.45) is 0 Å². The monoisotopic (exact) mass is 551 g/mol. The molecule has 0 aliphatic carbocycles. The van der Waals surface area contributed by atoms with Crippen LogP contribution in [0.5, 0.6) is 5.75 Å². The molecule has 202 valence electrons. The minimum atomic E-state index is -1.01. The normalized spacial score (nSPS) is 11.2. The van der Waals surface area contributed by atoms with Gasteiger partial charge in [0.2, 0.25) is 11.7 Å². The van der Waals surface area contributed by atoms with E-state index in [1.165, 1.54) is 50.4 Å². The van der Waals surface area contributed by atoms with Crippen molar-refractivity contribution in [1.29, 1.82) is 0 Å². The fourth-order valence-corrected chi connectivity index (χ4v) is 3.49. The van der Waals surface area contributed by atoms with Crippen LogP contribution < -0.4 is 10.1 Å². The zero-order chi connectivity index (χ0) is 28.4. The van der Waals surface area contributed by atoms with Gasteiger partial charge in [0.15, 0.2) is 18.5 Å². The number of hydrogen-bond acceptors (Lipinski definition) is 8. The van der Waals surface area contributed by atoms with Gasteiger partial charge in [0, 0.05) is 28.3 Å². The second-order valence-electron chi connectivity index (χ2n) is 8.36. The highest BCUT2D eigenvalue weighted by atomic mass is 35.5. The molecule has 3 rings (SSSR count). The van der Waals surface area contributed by atoms with E-state index in [1.54, 1.807) is 36.4 Å². The summed E-state index contributed by atoms with van der Waals surface area (Å²) >= 11 is 5.81. The maximum atomic E-state index is 12.4. The first-order valence-electron chi connectivity index (χ1n) is 11.9. The fourth-order valence-electron chi connectivity index (χ4n) is 3.36. The van der Waals surface area contributed by atoms with Crippen LogP contribution in [0.1, 0.15) is 50.8 Å². The Balaban J connectivity index is 1.41. The summed E-state index contributed by atoms with van der Waals surface area (Å²) in [5, 5.41) is 3.09. The van der Waals surface area contributed by atoms with Crippen LogP contribution in [0.2, 0.25) is 5.02 Å². The maximum Gasteiger partial charge on any atom is 0.338 e. The summed E-state index contributed by atoms with van der Waals surface area (Å²) in [7, 11) is 1.52. The number of benzene rings is 3. The van der Waals surface area contributed by atoms with Gasteiger partial charge in [0.25, 0.3) is 0 Å². The van der Waals surface area contributed by atoms with Crippen LogP contribution in [0.4, 0.5) is 5.69 Å². The number of halogens is 1. The van der Waals surface area contributed by atoms with Gasteiger partial charge < -0.3 is 19.5 Å². The predicted octanol–water partition coefficient (Wildman–Crippen LogP) is 4.92. The van der Waals surface area contributed by atoms with E-state index in [1.807, 2.05) is 0 Å². The van der Waals surface area contributed by atoms with Gasteiger partial charge in [-0.15, -0.1) is 0 Å². The van der Waals surface area contributed by atoms with Crippen LogP contribution in [-0.4, -0.2) is 49.2 Å². The van der Waals surface area contributed by atoms with Gasteiger partial charge in [0.05, 0.1) is 19.1 Å². The predicted molar refractivity (Wildman–Crippen MR) is 143 cm³/mol. The molecule has 9 nitrogen and oxygen atoms in total. The van der Waals surface area contributed by atoms with Crippen LogP contribution in [-0.2, 0) is 19.1 Å². The van der Waals surface area contributed by atoms with E-state index in [0.29, 0.717) is 27.6 Å². The Morgan fingerprint density at radius 1 is 0.795 bits per heavy atom. The number of carbonyl (C=O) groups excluding carboxylic acids is 5. The number of carbonyl (C=O) groups is 5. The number of anilines is 1. The fraction of sp³-hybridized carbons (Fsp3) is 0.207. The van der Waals surface area contributed by atoms with Gasteiger partial charge in [-0.2, -0.15) is 0 Å². The van der Waals surface area contributed by atoms with Crippen molar-refractivity contribution in [3.63, 3.8) is 0 Å². The van der Waals surface area contributed by atoms with Gasteiger partial charge in [0.1, 0.15) is 5.75 Å². The molecule has 0 radical (unpaired) electrons. The van der Waals surface area contributed by atoms with Crippen LogP contribution >= 0.6 is 11.6 Å². The summed E-state index contributed by atoms with van der Waals surface area (Å²) in [5.41, 5.74) is 1.32. The van der Waals surface area contributed by atoms with Crippen molar-refractivity contribution in [3.05, 3.63) is 94.5 Å². The molecule has 1 N–H and O–H groups in total. The van der Waals surface area contributed by atoms with E-state index in [2.05, 4.69) is 5.32 Å². The third kappa shape index (κ3) is 8.79. The molecular formula is C29H26ClNO8. The van der Waals surface area contributed by atoms with Crippen LogP contribution in [0.3, 0.4) is 0 Å². The first kappa shape index (κ1) is 29.1. The summed E-state index contributed by atoms with van der Waals surface area (Å²) in [6, 6.07) is 18.5. The number of Topliss-reactive ketones (excluding diaryl/α,β-unsaturated/α-hetero) is 2. The van der Waals surface area contributed by atoms with Crippen molar-refractivity contribution >= 4 is 46.7 Å². The SMILES string of the molecule is COc1ccc(C(=O)COC(=O)c2ccc(NC(=O)CCC(=O)OC(C)C(=O)c3ccc(Cl)cc3)cc2)cc1. The number of rotatable bonds is 12. The molecule has 0 saturated carbocycles. The molecule has 0 spiro atoms. The average molecular weight is 552 g/mol. The van der Waals surface area contributed by atoms with Crippen LogP contribution in [0.15, 0.2) is 72.8 Å². The average Bonchev–Trinajstić information content (AvgIpc) is 2.95. The Bertz CT molecular complexity index is 1340. The molecule has 0 aromatic heterocycles. The van der Waals surface area contributed by atoms with Gasteiger partial charge >= 0.3 is 11.9 Å². The van der Waals surface area contributed by atoms with Gasteiger partial charge in [-0.25, -0.2) is 4.79 Å². The Morgan fingerprint density at radius 3 is 2.00 bits per heavy atom. The molecule has 0 aliphatic rings. The third-order valence-corrected chi connectivity index (χ3v) is 5.77. The van der Waals surface area contributed by atoms with Crippen molar-refractivity contribution in [1.82, 2.24) is 0 Å². The molecule has 0 aliphatic heterocycles. The highest BCUT2D eigenvalue weighted by Gasteiger charge is 2.20. The van der Waals surface area contributed by atoms with E-state index in [-0.39, 0.29) is 30.0 Å². The molecule has 0 fully saturated rings. The van der Waals surface area contributed by atoms with Gasteiger partial charge in [-0.1, -0.05) is 11.6 Å². The Kier molecular flexibility index (Phi) is 10.3. The maximum absolute atomic E-state index is 12.4. The first-order valence-corrected chi connectivity index (χ1v) is 12.3. The Hall–Kier alpha value is -4.50. The van der Waals surface area contributed by atoms with Gasteiger partial charge in [-0.05, 0) is 79.7 Å². The van der Waals surface area contributed by atoms with Crippen molar-refractivity contribution < 1.29 is 38.2 Å². The Morgan fingerprint density at radius 2 is 1.38 bits per heavy atom. The lowest BCUT2D eigenvalue weighted by Crippen LogP contribution is -2.25. The molecule has 1 amide bonds. The number of hydrogen-bond donors (Lipinski definition) is 1. The molecule has 1 atom stereocenters. The van der Waals surface area contributed by atoms with Crippen LogP contribution in [0.25, 0.3) is 0 Å². The summed E-state index contributed by atoms with van der Waals surface area (Å²) in [6.45, 7) is 1.03. The van der Waals surface area contributed by atoms with Gasteiger partial charge in [-0.3, -0.25) is 19.2 Å². The molecule has 0 heterocycles. The highest BCUT2D eigenvalue weighted by molar-refractivity contribution is 6.30. The molecule has 39 heavy (non-hydrogen) atoms. The molecule has 1 unspecified atom stereocenters. The summed E-state index contributed by atoms with van der Waals surface area (Å²) in [6.07, 6.45) is -1.41. The summed E-state index contributed by atoms with van der Waals surface area (Å²) in [4.78, 5) is 61.2. The lowest BCUT2D eigenvalue weighted by Gasteiger charge is -2.12. The number of nitrogens with one attached hydrogen (secondary N) is 1. The largest absolute Gasteiger partial charge is 0.497 e. The van der Waals surface area contributed by atoms with E-state index in [0.717, 1.165) is 0 Å². The van der Waals surface area contributed by atoms with Crippen molar-refractivity contribution in [2.75, 3.05) is 19.0 Å². The number of ketones is 2. The standard InChI is InChI=1S/C29H26ClNO8/c1-18(28(35)20-3-9-22(30)10-4-20)39-27(34)16-15-26(33)31-23-11-5-21(6-12-23)29(36)38-17-25(32)19-7-13-24(37-2)14-8-19/h3-14,18H,15-17H2,1-2H3,(H,31,33).